The molecule has 0 aliphatic heterocycles. The number of nitrogens with one attached hydrogen (secondary N) is 1. The van der Waals surface area contributed by atoms with Crippen LogP contribution < -0.4 is 5.32 Å². The van der Waals surface area contributed by atoms with Gasteiger partial charge >= 0.3 is 0 Å². The van der Waals surface area contributed by atoms with Crippen LogP contribution in [0.4, 0.5) is 4.39 Å². The van der Waals surface area contributed by atoms with Crippen LogP contribution in [0.2, 0.25) is 0 Å². The van der Waals surface area contributed by atoms with Gasteiger partial charge in [0.1, 0.15) is 5.82 Å². The molecular weight excluding hydrogens is 213 g/mol. The quantitative estimate of drug-likeness (QED) is 0.825. The minimum Gasteiger partial charge on any atom is -0.314 e. The lowest BCUT2D eigenvalue weighted by molar-refractivity contribution is 0.469. The van der Waals surface area contributed by atoms with Gasteiger partial charge in [-0.2, -0.15) is 0 Å². The molecule has 0 saturated heterocycles. The fourth-order valence-electron chi connectivity index (χ4n) is 2.33. The van der Waals surface area contributed by atoms with Gasteiger partial charge in [0.05, 0.1) is 0 Å². The standard InChI is InChI=1S/C15H22FN/c1-11(17-10-13-9-15(13,2)3)8-12-6-4-5-7-14(12)16/h4-7,11,13,17H,8-10H2,1-3H3. The highest BCUT2D eigenvalue weighted by Gasteiger charge is 2.44. The largest absolute Gasteiger partial charge is 0.314 e. The van der Waals surface area contributed by atoms with E-state index in [0.29, 0.717) is 11.5 Å². The second-order valence-corrected chi connectivity index (χ2v) is 5.99. The summed E-state index contributed by atoms with van der Waals surface area (Å²) < 4.78 is 13.5. The van der Waals surface area contributed by atoms with E-state index in [1.165, 1.54) is 12.5 Å². The lowest BCUT2D eigenvalue weighted by Gasteiger charge is -2.15. The zero-order chi connectivity index (χ0) is 12.5. The van der Waals surface area contributed by atoms with Crippen molar-refractivity contribution in [3.63, 3.8) is 0 Å². The van der Waals surface area contributed by atoms with Gasteiger partial charge in [-0.15, -0.1) is 0 Å². The van der Waals surface area contributed by atoms with Gasteiger partial charge in [0.15, 0.2) is 0 Å². The smallest absolute Gasteiger partial charge is 0.126 e. The van der Waals surface area contributed by atoms with E-state index in [9.17, 15) is 4.39 Å². The van der Waals surface area contributed by atoms with Gasteiger partial charge in [0.2, 0.25) is 0 Å². The maximum Gasteiger partial charge on any atom is 0.126 e. The third-order valence-corrected chi connectivity index (χ3v) is 3.91. The van der Waals surface area contributed by atoms with Gasteiger partial charge in [-0.3, -0.25) is 0 Å². The van der Waals surface area contributed by atoms with Crippen molar-refractivity contribution in [3.8, 4) is 0 Å². The van der Waals surface area contributed by atoms with Crippen molar-refractivity contribution in [3.05, 3.63) is 35.6 Å². The van der Waals surface area contributed by atoms with E-state index in [2.05, 4.69) is 26.1 Å². The van der Waals surface area contributed by atoms with Gasteiger partial charge < -0.3 is 5.32 Å². The molecule has 0 amide bonds. The minimum atomic E-state index is -0.0899. The molecule has 0 bridgehead atoms. The van der Waals surface area contributed by atoms with Crippen molar-refractivity contribution in [2.24, 2.45) is 11.3 Å². The lowest BCUT2D eigenvalue weighted by Crippen LogP contribution is -2.30. The molecule has 0 heterocycles. The summed E-state index contributed by atoms with van der Waals surface area (Å²) in [7, 11) is 0. The summed E-state index contributed by atoms with van der Waals surface area (Å²) in [6.45, 7) is 7.80. The summed E-state index contributed by atoms with van der Waals surface area (Å²) in [5.41, 5.74) is 1.33. The average Bonchev–Trinajstić information content (AvgIpc) is 2.87. The average molecular weight is 235 g/mol. The fourth-order valence-corrected chi connectivity index (χ4v) is 2.33. The van der Waals surface area contributed by atoms with E-state index in [1.807, 2.05) is 12.1 Å². The molecule has 0 spiro atoms. The van der Waals surface area contributed by atoms with Crippen LogP contribution in [0.5, 0.6) is 0 Å². The number of rotatable bonds is 5. The Morgan fingerprint density at radius 3 is 2.65 bits per heavy atom. The Bertz CT molecular complexity index is 386. The molecule has 2 atom stereocenters. The topological polar surface area (TPSA) is 12.0 Å². The SMILES string of the molecule is CC(Cc1ccccc1F)NCC1CC1(C)C. The second-order valence-electron chi connectivity index (χ2n) is 5.99. The van der Waals surface area contributed by atoms with Gasteiger partial charge in [0.25, 0.3) is 0 Å². The van der Waals surface area contributed by atoms with Crippen molar-refractivity contribution < 1.29 is 4.39 Å². The minimum absolute atomic E-state index is 0.0899. The summed E-state index contributed by atoms with van der Waals surface area (Å²) in [5, 5.41) is 3.51. The number of hydrogen-bond donors (Lipinski definition) is 1. The van der Waals surface area contributed by atoms with Crippen LogP contribution in [0.15, 0.2) is 24.3 Å². The van der Waals surface area contributed by atoms with Gasteiger partial charge in [-0.05, 0) is 49.3 Å². The maximum absolute atomic E-state index is 13.5. The van der Waals surface area contributed by atoms with Crippen molar-refractivity contribution in [2.75, 3.05) is 6.54 Å². The molecule has 1 saturated carbocycles. The Labute approximate surface area is 103 Å². The van der Waals surface area contributed by atoms with Crippen molar-refractivity contribution in [1.82, 2.24) is 5.32 Å². The van der Waals surface area contributed by atoms with Gasteiger partial charge in [-0.25, -0.2) is 4.39 Å². The molecule has 0 radical (unpaired) electrons. The fraction of sp³-hybridized carbons (Fsp3) is 0.600. The molecule has 1 aliphatic rings. The lowest BCUT2D eigenvalue weighted by atomic mass is 10.1. The third-order valence-electron chi connectivity index (χ3n) is 3.91. The first kappa shape index (κ1) is 12.6. The van der Waals surface area contributed by atoms with E-state index in [1.54, 1.807) is 6.07 Å². The van der Waals surface area contributed by atoms with E-state index in [-0.39, 0.29) is 5.82 Å². The van der Waals surface area contributed by atoms with Crippen LogP contribution >= 0.6 is 0 Å². The zero-order valence-corrected chi connectivity index (χ0v) is 11.0. The Balaban J connectivity index is 1.78. The highest BCUT2D eigenvalue weighted by Crippen LogP contribution is 2.51. The van der Waals surface area contributed by atoms with Crippen LogP contribution in [0.3, 0.4) is 0 Å². The van der Waals surface area contributed by atoms with Crippen molar-refractivity contribution >= 4 is 0 Å². The number of halogens is 1. The molecule has 1 fully saturated rings. The van der Waals surface area contributed by atoms with Crippen LogP contribution in [0.1, 0.15) is 32.8 Å². The molecule has 1 aromatic carbocycles. The maximum atomic E-state index is 13.5. The summed E-state index contributed by atoms with van der Waals surface area (Å²) in [6, 6.07) is 7.38. The molecule has 94 valence electrons. The summed E-state index contributed by atoms with van der Waals surface area (Å²) in [5.74, 6) is 0.707. The third kappa shape index (κ3) is 3.29. The normalized spacial score (nSPS) is 23.4. The Morgan fingerprint density at radius 2 is 2.06 bits per heavy atom. The number of hydrogen-bond acceptors (Lipinski definition) is 1. The summed E-state index contributed by atoms with van der Waals surface area (Å²) in [6.07, 6.45) is 2.08. The van der Waals surface area contributed by atoms with E-state index in [4.69, 9.17) is 0 Å². The van der Waals surface area contributed by atoms with Crippen LogP contribution in [0, 0.1) is 17.2 Å². The van der Waals surface area contributed by atoms with E-state index >= 15 is 0 Å². The highest BCUT2D eigenvalue weighted by molar-refractivity contribution is 5.18. The molecular formula is C15H22FN. The molecule has 1 nitrogen and oxygen atoms in total. The first-order valence-corrected chi connectivity index (χ1v) is 6.46. The van der Waals surface area contributed by atoms with Crippen LogP contribution in [0.25, 0.3) is 0 Å². The molecule has 2 heteroatoms. The molecule has 2 unspecified atom stereocenters. The second kappa shape index (κ2) is 4.77. The molecule has 2 rings (SSSR count). The monoisotopic (exact) mass is 235 g/mol. The van der Waals surface area contributed by atoms with E-state index < -0.39 is 0 Å². The molecule has 1 N–H and O–H groups in total. The van der Waals surface area contributed by atoms with Crippen LogP contribution in [-0.4, -0.2) is 12.6 Å². The van der Waals surface area contributed by atoms with E-state index in [0.717, 1.165) is 24.4 Å². The Morgan fingerprint density at radius 1 is 1.41 bits per heavy atom. The Kier molecular flexibility index (Phi) is 3.53. The van der Waals surface area contributed by atoms with Gasteiger partial charge in [0, 0.05) is 6.04 Å². The van der Waals surface area contributed by atoms with Crippen molar-refractivity contribution in [1.29, 1.82) is 0 Å². The summed E-state index contributed by atoms with van der Waals surface area (Å²) in [4.78, 5) is 0. The first-order chi connectivity index (χ1) is 7.99. The predicted molar refractivity (Wildman–Crippen MR) is 69.5 cm³/mol. The molecule has 0 aromatic heterocycles. The highest BCUT2D eigenvalue weighted by atomic mass is 19.1. The van der Waals surface area contributed by atoms with Gasteiger partial charge in [-0.1, -0.05) is 32.0 Å². The molecule has 17 heavy (non-hydrogen) atoms. The first-order valence-electron chi connectivity index (χ1n) is 6.46. The summed E-state index contributed by atoms with van der Waals surface area (Å²) >= 11 is 0. The predicted octanol–water partition coefficient (Wildman–Crippen LogP) is 3.39. The molecule has 1 aliphatic carbocycles. The Hall–Kier alpha value is -0.890. The van der Waals surface area contributed by atoms with Crippen molar-refractivity contribution in [2.45, 2.75) is 39.7 Å². The molecule has 1 aromatic rings. The van der Waals surface area contributed by atoms with Crippen LogP contribution in [-0.2, 0) is 6.42 Å². The number of benzene rings is 1. The zero-order valence-electron chi connectivity index (χ0n) is 11.0.